The van der Waals surface area contributed by atoms with Crippen LogP contribution in [0.1, 0.15) is 6.92 Å². The molecule has 1 unspecified atom stereocenters. The molecular formula is C14H17NO2S2. The quantitative estimate of drug-likeness (QED) is 0.520. The van der Waals surface area contributed by atoms with Gasteiger partial charge in [0.25, 0.3) is 0 Å². The monoisotopic (exact) mass is 295 g/mol. The molecule has 1 aliphatic rings. The lowest BCUT2D eigenvalue weighted by Gasteiger charge is -2.38. The number of benzene rings is 1. The first kappa shape index (κ1) is 14.3. The van der Waals surface area contributed by atoms with Gasteiger partial charge < -0.3 is 4.74 Å². The van der Waals surface area contributed by atoms with Crippen LogP contribution in [-0.4, -0.2) is 39.3 Å². The summed E-state index contributed by atoms with van der Waals surface area (Å²) < 4.78 is 19.9. The summed E-state index contributed by atoms with van der Waals surface area (Å²) in [6.07, 6.45) is 0. The molecule has 1 saturated heterocycles. The summed E-state index contributed by atoms with van der Waals surface area (Å²) in [6, 6.07) is 7.21. The van der Waals surface area contributed by atoms with E-state index in [4.69, 9.17) is 4.74 Å². The van der Waals surface area contributed by atoms with Gasteiger partial charge in [0.1, 0.15) is 12.4 Å². The van der Waals surface area contributed by atoms with Gasteiger partial charge in [-0.2, -0.15) is 12.6 Å². The number of nitrogens with zero attached hydrogens (tertiary/aromatic N) is 1. The van der Waals surface area contributed by atoms with Gasteiger partial charge in [-0.25, -0.2) is 8.51 Å². The second-order valence-corrected chi connectivity index (χ2v) is 7.33. The molecule has 1 fully saturated rings. The SMILES string of the molecule is C=S(=O)(c1ccc(OCC#CC)cc1)N1CC(S)C1. The standard InChI is InChI=1S/C14H17NO2S2/c1-3-4-9-17-12-5-7-14(8-6-12)19(2,16)15-10-13(18)11-15/h5-8,13,18H,2,9-11H2,1H3. The highest BCUT2D eigenvalue weighted by Gasteiger charge is 2.30. The maximum Gasteiger partial charge on any atom is 0.149 e. The van der Waals surface area contributed by atoms with E-state index in [9.17, 15) is 4.21 Å². The molecule has 0 radical (unpaired) electrons. The van der Waals surface area contributed by atoms with Gasteiger partial charge in [-0.15, -0.1) is 5.92 Å². The van der Waals surface area contributed by atoms with Crippen molar-refractivity contribution < 1.29 is 8.95 Å². The van der Waals surface area contributed by atoms with Crippen LogP contribution in [0.15, 0.2) is 29.2 Å². The van der Waals surface area contributed by atoms with E-state index in [0.717, 1.165) is 23.7 Å². The minimum Gasteiger partial charge on any atom is -0.481 e. The van der Waals surface area contributed by atoms with Crippen molar-refractivity contribution in [3.8, 4) is 17.6 Å². The van der Waals surface area contributed by atoms with Crippen LogP contribution < -0.4 is 4.74 Å². The molecule has 0 aliphatic carbocycles. The van der Waals surface area contributed by atoms with Crippen LogP contribution in [0.4, 0.5) is 0 Å². The first-order chi connectivity index (χ1) is 9.04. The molecule has 1 heterocycles. The molecular weight excluding hydrogens is 278 g/mol. The number of hydrogen-bond donors (Lipinski definition) is 1. The predicted molar refractivity (Wildman–Crippen MR) is 83.3 cm³/mol. The zero-order chi connectivity index (χ0) is 13.9. The maximum absolute atomic E-state index is 12.6. The third kappa shape index (κ3) is 3.27. The van der Waals surface area contributed by atoms with Crippen LogP contribution in [0, 0.1) is 11.8 Å². The third-order valence-corrected chi connectivity index (χ3v) is 5.39. The normalized spacial score (nSPS) is 18.8. The van der Waals surface area contributed by atoms with Crippen molar-refractivity contribution in [3.63, 3.8) is 0 Å². The third-order valence-electron chi connectivity index (χ3n) is 2.93. The van der Waals surface area contributed by atoms with Crippen LogP contribution in [0.2, 0.25) is 0 Å². The summed E-state index contributed by atoms with van der Waals surface area (Å²) in [6.45, 7) is 3.57. The molecule has 102 valence electrons. The van der Waals surface area contributed by atoms with E-state index in [-0.39, 0.29) is 0 Å². The van der Waals surface area contributed by atoms with Gasteiger partial charge in [0.2, 0.25) is 0 Å². The lowest BCUT2D eigenvalue weighted by atomic mass is 10.3. The van der Waals surface area contributed by atoms with E-state index < -0.39 is 9.71 Å². The van der Waals surface area contributed by atoms with E-state index in [0.29, 0.717) is 11.9 Å². The molecule has 1 aromatic carbocycles. The van der Waals surface area contributed by atoms with E-state index in [1.54, 1.807) is 31.2 Å². The van der Waals surface area contributed by atoms with E-state index in [1.807, 2.05) is 4.31 Å². The largest absolute Gasteiger partial charge is 0.481 e. The molecule has 3 nitrogen and oxygen atoms in total. The fraction of sp³-hybridized carbons (Fsp3) is 0.357. The molecule has 2 rings (SSSR count). The van der Waals surface area contributed by atoms with Crippen molar-refractivity contribution in [1.29, 1.82) is 0 Å². The highest BCUT2D eigenvalue weighted by Crippen LogP contribution is 2.25. The lowest BCUT2D eigenvalue weighted by Crippen LogP contribution is -2.50. The van der Waals surface area contributed by atoms with Crippen LogP contribution in [-0.2, 0) is 9.71 Å². The van der Waals surface area contributed by atoms with Crippen molar-refractivity contribution in [2.24, 2.45) is 0 Å². The highest BCUT2D eigenvalue weighted by atomic mass is 32.2. The Bertz CT molecular complexity index is 591. The molecule has 0 saturated carbocycles. The molecule has 0 bridgehead atoms. The predicted octanol–water partition coefficient (Wildman–Crippen LogP) is 1.69. The fourth-order valence-corrected chi connectivity index (χ4v) is 4.06. The zero-order valence-corrected chi connectivity index (χ0v) is 12.5. The maximum atomic E-state index is 12.6. The molecule has 5 heteroatoms. The summed E-state index contributed by atoms with van der Waals surface area (Å²) in [4.78, 5) is 0.724. The van der Waals surface area contributed by atoms with Gasteiger partial charge in [-0.1, -0.05) is 5.92 Å². The summed E-state index contributed by atoms with van der Waals surface area (Å²) in [5, 5.41) is 0.304. The Hall–Kier alpha value is -1.09. The second-order valence-electron chi connectivity index (χ2n) is 4.33. The van der Waals surface area contributed by atoms with Crippen molar-refractivity contribution in [2.45, 2.75) is 17.1 Å². The number of hydrogen-bond acceptors (Lipinski definition) is 3. The van der Waals surface area contributed by atoms with Crippen LogP contribution in [0.25, 0.3) is 0 Å². The van der Waals surface area contributed by atoms with Crippen LogP contribution >= 0.6 is 12.6 Å². The van der Waals surface area contributed by atoms with Crippen molar-refractivity contribution in [2.75, 3.05) is 19.7 Å². The minimum atomic E-state index is -2.38. The second kappa shape index (κ2) is 5.91. The Labute approximate surface area is 120 Å². The van der Waals surface area contributed by atoms with E-state index in [1.165, 1.54) is 0 Å². The topological polar surface area (TPSA) is 29.5 Å². The lowest BCUT2D eigenvalue weighted by molar-refractivity contribution is 0.340. The Morgan fingerprint density at radius 2 is 2.11 bits per heavy atom. The van der Waals surface area contributed by atoms with Crippen molar-refractivity contribution >= 4 is 28.2 Å². The molecule has 0 aromatic heterocycles. The molecule has 0 amide bonds. The van der Waals surface area contributed by atoms with Crippen LogP contribution in [0.3, 0.4) is 0 Å². The van der Waals surface area contributed by atoms with Gasteiger partial charge in [-0.3, -0.25) is 0 Å². The number of rotatable bonds is 4. The van der Waals surface area contributed by atoms with E-state index in [2.05, 4.69) is 30.3 Å². The summed E-state index contributed by atoms with van der Waals surface area (Å²) in [7, 11) is -2.38. The smallest absolute Gasteiger partial charge is 0.149 e. The van der Waals surface area contributed by atoms with Gasteiger partial charge in [-0.05, 0) is 37.1 Å². The minimum absolute atomic E-state index is 0.304. The molecule has 1 atom stereocenters. The van der Waals surface area contributed by atoms with Crippen molar-refractivity contribution in [1.82, 2.24) is 4.31 Å². The molecule has 0 N–H and O–H groups in total. The average molecular weight is 295 g/mol. The first-order valence-corrected chi connectivity index (χ1v) is 8.17. The Kier molecular flexibility index (Phi) is 4.46. The summed E-state index contributed by atoms with van der Waals surface area (Å²) in [5.41, 5.74) is 0. The number of thiol groups is 1. The van der Waals surface area contributed by atoms with Gasteiger partial charge in [0.05, 0.1) is 9.71 Å². The molecule has 19 heavy (non-hydrogen) atoms. The summed E-state index contributed by atoms with van der Waals surface area (Å²) in [5.74, 6) is 10.2. The van der Waals surface area contributed by atoms with Gasteiger partial charge in [0.15, 0.2) is 0 Å². The first-order valence-electron chi connectivity index (χ1n) is 5.97. The highest BCUT2D eigenvalue weighted by molar-refractivity contribution is 7.98. The van der Waals surface area contributed by atoms with Gasteiger partial charge >= 0.3 is 0 Å². The van der Waals surface area contributed by atoms with Gasteiger partial charge in [0, 0.05) is 23.2 Å². The zero-order valence-electron chi connectivity index (χ0n) is 10.8. The van der Waals surface area contributed by atoms with Crippen LogP contribution in [0.5, 0.6) is 5.75 Å². The summed E-state index contributed by atoms with van der Waals surface area (Å²) >= 11 is 4.32. The molecule has 1 aliphatic heterocycles. The van der Waals surface area contributed by atoms with E-state index >= 15 is 0 Å². The Morgan fingerprint density at radius 3 is 2.63 bits per heavy atom. The number of ether oxygens (including phenoxy) is 1. The Morgan fingerprint density at radius 1 is 1.47 bits per heavy atom. The Balaban J connectivity index is 2.07. The molecule has 0 spiro atoms. The average Bonchev–Trinajstić information content (AvgIpc) is 2.36. The fourth-order valence-electron chi connectivity index (χ4n) is 1.75. The van der Waals surface area contributed by atoms with Crippen molar-refractivity contribution in [3.05, 3.63) is 24.3 Å². The molecule has 1 aromatic rings.